The van der Waals surface area contributed by atoms with Crippen molar-refractivity contribution >= 4 is 11.6 Å². The van der Waals surface area contributed by atoms with Crippen LogP contribution in [0.2, 0.25) is 0 Å². The lowest BCUT2D eigenvalue weighted by Gasteiger charge is -2.30. The normalized spacial score (nSPS) is 15.0. The fourth-order valence-corrected chi connectivity index (χ4v) is 4.28. The molecule has 1 aliphatic carbocycles. The molecule has 8 nitrogen and oxygen atoms in total. The first-order chi connectivity index (χ1) is 14.9. The highest BCUT2D eigenvalue weighted by Gasteiger charge is 2.36. The molecule has 1 saturated carbocycles. The van der Waals surface area contributed by atoms with E-state index in [9.17, 15) is 19.3 Å². The Morgan fingerprint density at radius 2 is 1.94 bits per heavy atom. The number of nitrogens with one attached hydrogen (secondary N) is 1. The van der Waals surface area contributed by atoms with Crippen molar-refractivity contribution in [1.29, 1.82) is 0 Å². The maximum absolute atomic E-state index is 13.4. The molecule has 1 N–H and O–H groups in total. The summed E-state index contributed by atoms with van der Waals surface area (Å²) in [6.07, 6.45) is 3.93. The monoisotopic (exact) mass is 423 g/mol. The minimum absolute atomic E-state index is 0.0686. The van der Waals surface area contributed by atoms with Gasteiger partial charge in [-0.05, 0) is 43.5 Å². The molecule has 0 spiro atoms. The third-order valence-corrected chi connectivity index (χ3v) is 6.00. The van der Waals surface area contributed by atoms with E-state index >= 15 is 0 Å². The highest BCUT2D eigenvalue weighted by molar-refractivity contribution is 5.93. The Morgan fingerprint density at radius 1 is 1.23 bits per heavy atom. The molecular formula is C22H22FN5O3. The Morgan fingerprint density at radius 3 is 2.61 bits per heavy atom. The van der Waals surface area contributed by atoms with E-state index in [0.29, 0.717) is 17.9 Å². The van der Waals surface area contributed by atoms with Crippen molar-refractivity contribution in [2.24, 2.45) is 0 Å². The molecular weight excluding hydrogens is 401 g/mol. The summed E-state index contributed by atoms with van der Waals surface area (Å²) in [5.74, 6) is -0.642. The van der Waals surface area contributed by atoms with E-state index in [1.807, 2.05) is 0 Å². The number of amides is 1. The first-order valence-corrected chi connectivity index (χ1v) is 10.1. The fourth-order valence-electron chi connectivity index (χ4n) is 4.28. The van der Waals surface area contributed by atoms with E-state index in [1.165, 1.54) is 28.9 Å². The second-order valence-electron chi connectivity index (χ2n) is 7.89. The van der Waals surface area contributed by atoms with Crippen LogP contribution in [0.1, 0.15) is 47.4 Å². The van der Waals surface area contributed by atoms with E-state index in [1.54, 1.807) is 31.2 Å². The van der Waals surface area contributed by atoms with E-state index in [0.717, 1.165) is 31.2 Å². The van der Waals surface area contributed by atoms with Gasteiger partial charge in [-0.3, -0.25) is 14.9 Å². The van der Waals surface area contributed by atoms with Crippen molar-refractivity contribution in [1.82, 2.24) is 20.3 Å². The van der Waals surface area contributed by atoms with Gasteiger partial charge in [0.2, 0.25) is 0 Å². The van der Waals surface area contributed by atoms with Gasteiger partial charge in [0, 0.05) is 24.1 Å². The lowest BCUT2D eigenvalue weighted by Crippen LogP contribution is -2.39. The zero-order valence-electron chi connectivity index (χ0n) is 17.0. The SMILES string of the molecule is Cc1c(C(=O)NCC2(c3ccc(F)cc3)CCCC2)nnn1-c1cccc([N+](=O)[O-])c1. The van der Waals surface area contributed by atoms with Gasteiger partial charge >= 0.3 is 0 Å². The molecule has 3 aromatic rings. The Bertz CT molecular complexity index is 1120. The van der Waals surface area contributed by atoms with Gasteiger partial charge in [0.25, 0.3) is 11.6 Å². The zero-order chi connectivity index (χ0) is 22.0. The van der Waals surface area contributed by atoms with Crippen LogP contribution >= 0.6 is 0 Å². The molecule has 1 amide bonds. The molecule has 0 aliphatic heterocycles. The molecule has 2 aromatic carbocycles. The number of carbonyl (C=O) groups is 1. The number of nitro benzene ring substituents is 1. The number of nitrogens with zero attached hydrogens (tertiary/aromatic N) is 4. The number of nitro groups is 1. The highest BCUT2D eigenvalue weighted by Crippen LogP contribution is 2.40. The standard InChI is InChI=1S/C22H22FN5O3/c1-15-20(25-26-27(15)18-5-4-6-19(13-18)28(30)31)21(29)24-14-22(11-2-3-12-22)16-7-9-17(23)10-8-16/h4-10,13H,2-3,11-12,14H2,1H3,(H,24,29). The first kappa shape index (κ1) is 20.6. The van der Waals surface area contributed by atoms with E-state index in [-0.39, 0.29) is 28.5 Å². The van der Waals surface area contributed by atoms with Crippen LogP contribution in [0, 0.1) is 22.9 Å². The minimum Gasteiger partial charge on any atom is -0.350 e. The van der Waals surface area contributed by atoms with Crippen molar-refractivity contribution in [2.45, 2.75) is 38.0 Å². The van der Waals surface area contributed by atoms with Crippen LogP contribution in [0.3, 0.4) is 0 Å². The Hall–Kier alpha value is -3.62. The predicted molar refractivity (Wildman–Crippen MR) is 112 cm³/mol. The summed E-state index contributed by atoms with van der Waals surface area (Å²) >= 11 is 0. The maximum atomic E-state index is 13.4. The smallest absolute Gasteiger partial charge is 0.273 e. The molecule has 4 rings (SSSR count). The van der Waals surface area contributed by atoms with Gasteiger partial charge in [-0.2, -0.15) is 0 Å². The van der Waals surface area contributed by atoms with Crippen LogP contribution in [0.5, 0.6) is 0 Å². The summed E-state index contributed by atoms with van der Waals surface area (Å²) < 4.78 is 14.8. The van der Waals surface area contributed by atoms with Crippen LogP contribution in [0.15, 0.2) is 48.5 Å². The van der Waals surface area contributed by atoms with Crippen LogP contribution in [0.25, 0.3) is 5.69 Å². The number of aromatic nitrogens is 3. The van der Waals surface area contributed by atoms with Crippen molar-refractivity contribution in [3.63, 3.8) is 0 Å². The summed E-state index contributed by atoms with van der Waals surface area (Å²) in [5.41, 5.74) is 1.83. The summed E-state index contributed by atoms with van der Waals surface area (Å²) in [4.78, 5) is 23.4. The highest BCUT2D eigenvalue weighted by atomic mass is 19.1. The van der Waals surface area contributed by atoms with Gasteiger partial charge in [-0.15, -0.1) is 5.10 Å². The van der Waals surface area contributed by atoms with Crippen LogP contribution in [-0.4, -0.2) is 32.4 Å². The van der Waals surface area contributed by atoms with Gasteiger partial charge in [-0.1, -0.05) is 36.3 Å². The average molecular weight is 423 g/mol. The Labute approximate surface area is 178 Å². The summed E-state index contributed by atoms with van der Waals surface area (Å²) in [7, 11) is 0. The minimum atomic E-state index is -0.486. The lowest BCUT2D eigenvalue weighted by atomic mass is 9.79. The fraction of sp³-hybridized carbons (Fsp3) is 0.318. The number of non-ortho nitro benzene ring substituents is 1. The van der Waals surface area contributed by atoms with Crippen molar-refractivity contribution in [3.8, 4) is 5.69 Å². The maximum Gasteiger partial charge on any atom is 0.273 e. The molecule has 1 aromatic heterocycles. The Kier molecular flexibility index (Phi) is 5.50. The van der Waals surface area contributed by atoms with Crippen LogP contribution in [0.4, 0.5) is 10.1 Å². The van der Waals surface area contributed by atoms with Crippen molar-refractivity contribution in [3.05, 3.63) is 81.4 Å². The molecule has 1 aliphatic rings. The van der Waals surface area contributed by atoms with E-state index < -0.39 is 4.92 Å². The van der Waals surface area contributed by atoms with Gasteiger partial charge in [0.05, 0.1) is 16.3 Å². The number of hydrogen-bond donors (Lipinski definition) is 1. The van der Waals surface area contributed by atoms with E-state index in [2.05, 4.69) is 15.6 Å². The van der Waals surface area contributed by atoms with Crippen molar-refractivity contribution < 1.29 is 14.1 Å². The van der Waals surface area contributed by atoms with Gasteiger partial charge in [0.1, 0.15) is 5.82 Å². The number of benzene rings is 2. The van der Waals surface area contributed by atoms with Gasteiger partial charge < -0.3 is 5.32 Å². The molecule has 0 bridgehead atoms. The quantitative estimate of drug-likeness (QED) is 0.479. The third-order valence-electron chi connectivity index (χ3n) is 6.00. The van der Waals surface area contributed by atoms with Crippen molar-refractivity contribution in [2.75, 3.05) is 6.54 Å². The molecule has 0 saturated heterocycles. The summed E-state index contributed by atoms with van der Waals surface area (Å²) in [6.45, 7) is 2.11. The van der Waals surface area contributed by atoms with Gasteiger partial charge in [-0.25, -0.2) is 9.07 Å². The second-order valence-corrected chi connectivity index (χ2v) is 7.89. The van der Waals surface area contributed by atoms with Crippen LogP contribution in [-0.2, 0) is 5.41 Å². The predicted octanol–water partition coefficient (Wildman–Crippen LogP) is 3.86. The number of hydrogen-bond acceptors (Lipinski definition) is 5. The topological polar surface area (TPSA) is 103 Å². The largest absolute Gasteiger partial charge is 0.350 e. The number of rotatable bonds is 6. The lowest BCUT2D eigenvalue weighted by molar-refractivity contribution is -0.384. The molecule has 31 heavy (non-hydrogen) atoms. The molecule has 0 radical (unpaired) electrons. The summed E-state index contributed by atoms with van der Waals surface area (Å²) in [5, 5.41) is 22.0. The van der Waals surface area contributed by atoms with Crippen LogP contribution < -0.4 is 5.32 Å². The first-order valence-electron chi connectivity index (χ1n) is 10.1. The molecule has 0 atom stereocenters. The number of carbonyl (C=O) groups excluding carboxylic acids is 1. The molecule has 1 heterocycles. The Balaban J connectivity index is 1.53. The van der Waals surface area contributed by atoms with E-state index in [4.69, 9.17) is 0 Å². The number of halogens is 1. The zero-order valence-corrected chi connectivity index (χ0v) is 17.0. The molecule has 1 fully saturated rings. The molecule has 0 unspecified atom stereocenters. The summed E-state index contributed by atoms with van der Waals surface area (Å²) in [6, 6.07) is 12.5. The average Bonchev–Trinajstić information content (AvgIpc) is 3.40. The third kappa shape index (κ3) is 4.03. The molecule has 9 heteroatoms. The molecule has 160 valence electrons. The van der Waals surface area contributed by atoms with Gasteiger partial charge in [0.15, 0.2) is 5.69 Å². The second kappa shape index (κ2) is 8.25.